The van der Waals surface area contributed by atoms with Crippen LogP contribution in [0.15, 0.2) is 53.1 Å². The summed E-state index contributed by atoms with van der Waals surface area (Å²) >= 11 is 0. The third-order valence-corrected chi connectivity index (χ3v) is 4.85. The van der Waals surface area contributed by atoms with E-state index in [-0.39, 0.29) is 24.1 Å². The zero-order valence-electron chi connectivity index (χ0n) is 16.0. The minimum Gasteiger partial charge on any atom is -0.492 e. The zero-order valence-corrected chi connectivity index (χ0v) is 16.0. The van der Waals surface area contributed by atoms with Gasteiger partial charge in [-0.3, -0.25) is 4.79 Å². The number of hydrogen-bond acceptors (Lipinski definition) is 5. The predicted octanol–water partition coefficient (Wildman–Crippen LogP) is 4.67. The van der Waals surface area contributed by atoms with Crippen molar-refractivity contribution < 1.29 is 27.2 Å². The van der Waals surface area contributed by atoms with Crippen LogP contribution in [0.3, 0.4) is 0 Å². The second-order valence-corrected chi connectivity index (χ2v) is 6.84. The van der Waals surface area contributed by atoms with Crippen molar-refractivity contribution in [3.05, 3.63) is 59.9 Å². The fraction of sp³-hybridized carbons (Fsp3) is 0.286. The number of para-hydroxylation sites is 2. The quantitative estimate of drug-likeness (QED) is 0.603. The van der Waals surface area contributed by atoms with Crippen LogP contribution in [0.4, 0.5) is 18.9 Å². The van der Waals surface area contributed by atoms with Gasteiger partial charge in [-0.05, 0) is 43.3 Å². The van der Waals surface area contributed by atoms with Crippen LogP contribution in [0.1, 0.15) is 30.7 Å². The van der Waals surface area contributed by atoms with E-state index in [9.17, 15) is 18.0 Å². The van der Waals surface area contributed by atoms with Crippen LogP contribution in [0, 0.1) is 0 Å². The van der Waals surface area contributed by atoms with Gasteiger partial charge in [0, 0.05) is 24.4 Å². The van der Waals surface area contributed by atoms with E-state index in [1.165, 1.54) is 12.1 Å². The van der Waals surface area contributed by atoms with Gasteiger partial charge in [0.1, 0.15) is 5.75 Å². The van der Waals surface area contributed by atoms with Gasteiger partial charge in [0.05, 0.1) is 17.9 Å². The van der Waals surface area contributed by atoms with E-state index in [4.69, 9.17) is 9.26 Å². The molecule has 0 N–H and O–H groups in total. The number of nitrogens with zero attached hydrogens (tertiary/aromatic N) is 3. The van der Waals surface area contributed by atoms with Crippen LogP contribution in [-0.2, 0) is 11.0 Å². The summed E-state index contributed by atoms with van der Waals surface area (Å²) in [4.78, 5) is 18.5. The molecule has 0 radical (unpaired) electrons. The molecule has 3 aromatic rings. The molecule has 2 heterocycles. The normalized spacial score (nSPS) is 16.9. The first-order valence-electron chi connectivity index (χ1n) is 9.40. The Bertz CT molecular complexity index is 1050. The van der Waals surface area contributed by atoms with Crippen molar-refractivity contribution in [2.24, 2.45) is 0 Å². The number of ether oxygens (including phenoxy) is 1. The van der Waals surface area contributed by atoms with Gasteiger partial charge < -0.3 is 14.2 Å². The van der Waals surface area contributed by atoms with Crippen LogP contribution >= 0.6 is 0 Å². The summed E-state index contributed by atoms with van der Waals surface area (Å²) in [5, 5.41) is 3.95. The number of rotatable bonds is 5. The van der Waals surface area contributed by atoms with Gasteiger partial charge in [0.2, 0.25) is 5.91 Å². The lowest BCUT2D eigenvalue weighted by Crippen LogP contribution is -2.25. The number of carbonyl (C=O) groups excluding carboxylic acids is 1. The molecular weight excluding hydrogens is 399 g/mol. The summed E-state index contributed by atoms with van der Waals surface area (Å²) in [7, 11) is 0. The second kappa shape index (κ2) is 7.81. The molecule has 1 amide bonds. The van der Waals surface area contributed by atoms with Crippen molar-refractivity contribution in [2.45, 2.75) is 25.4 Å². The topological polar surface area (TPSA) is 68.5 Å². The average Bonchev–Trinajstić information content (AvgIpc) is 3.35. The smallest absolute Gasteiger partial charge is 0.416 e. The van der Waals surface area contributed by atoms with Crippen molar-refractivity contribution >= 4 is 11.6 Å². The van der Waals surface area contributed by atoms with Crippen LogP contribution in [-0.4, -0.2) is 29.2 Å². The molecule has 1 unspecified atom stereocenters. The Morgan fingerprint density at radius 1 is 1.17 bits per heavy atom. The molecule has 0 bridgehead atoms. The summed E-state index contributed by atoms with van der Waals surface area (Å²) < 4.78 is 49.0. The van der Waals surface area contributed by atoms with Crippen molar-refractivity contribution in [3.63, 3.8) is 0 Å². The minimum atomic E-state index is -4.41. The number of anilines is 1. The van der Waals surface area contributed by atoms with Crippen LogP contribution in [0.25, 0.3) is 11.5 Å². The van der Waals surface area contributed by atoms with Crippen molar-refractivity contribution in [1.29, 1.82) is 0 Å². The maximum Gasteiger partial charge on any atom is 0.416 e. The molecule has 0 saturated carbocycles. The molecule has 0 spiro atoms. The monoisotopic (exact) mass is 417 g/mol. The molecule has 1 aliphatic heterocycles. The van der Waals surface area contributed by atoms with E-state index in [1.807, 2.05) is 25.1 Å². The SMILES string of the molecule is CCOc1ccccc1N1CC(c2noc(-c3ccc(C(F)(F)F)cc3)n2)CC1=O. The summed E-state index contributed by atoms with van der Waals surface area (Å²) in [5.74, 6) is 0.689. The highest BCUT2D eigenvalue weighted by Crippen LogP contribution is 2.36. The fourth-order valence-corrected chi connectivity index (χ4v) is 3.39. The van der Waals surface area contributed by atoms with E-state index in [0.717, 1.165) is 12.1 Å². The Hall–Kier alpha value is -3.36. The molecule has 156 valence electrons. The second-order valence-electron chi connectivity index (χ2n) is 6.84. The van der Waals surface area contributed by atoms with Gasteiger partial charge in [-0.15, -0.1) is 0 Å². The lowest BCUT2D eigenvalue weighted by molar-refractivity contribution is -0.137. The maximum atomic E-state index is 12.7. The number of benzene rings is 2. The molecule has 6 nitrogen and oxygen atoms in total. The van der Waals surface area contributed by atoms with Gasteiger partial charge in [-0.25, -0.2) is 0 Å². The van der Waals surface area contributed by atoms with Crippen molar-refractivity contribution in [2.75, 3.05) is 18.1 Å². The molecule has 30 heavy (non-hydrogen) atoms. The van der Waals surface area contributed by atoms with Crippen molar-refractivity contribution in [3.8, 4) is 17.2 Å². The molecule has 4 rings (SSSR count). The Morgan fingerprint density at radius 3 is 2.60 bits per heavy atom. The van der Waals surface area contributed by atoms with E-state index >= 15 is 0 Å². The lowest BCUT2D eigenvalue weighted by Gasteiger charge is -2.19. The Morgan fingerprint density at radius 2 is 1.90 bits per heavy atom. The molecule has 2 aromatic carbocycles. The van der Waals surface area contributed by atoms with Gasteiger partial charge in [0.15, 0.2) is 5.82 Å². The number of aromatic nitrogens is 2. The summed E-state index contributed by atoms with van der Waals surface area (Å²) in [6.07, 6.45) is -4.21. The number of hydrogen-bond donors (Lipinski definition) is 0. The predicted molar refractivity (Wildman–Crippen MR) is 102 cm³/mol. The first-order chi connectivity index (χ1) is 14.4. The Balaban J connectivity index is 1.53. The maximum absolute atomic E-state index is 12.7. The van der Waals surface area contributed by atoms with E-state index in [0.29, 0.717) is 36.0 Å². The van der Waals surface area contributed by atoms with Gasteiger partial charge in [0.25, 0.3) is 5.89 Å². The number of amides is 1. The Labute approximate surface area is 170 Å². The van der Waals surface area contributed by atoms with Gasteiger partial charge in [-0.1, -0.05) is 17.3 Å². The third-order valence-electron chi connectivity index (χ3n) is 4.85. The molecule has 0 aliphatic carbocycles. The van der Waals surface area contributed by atoms with E-state index in [1.54, 1.807) is 11.0 Å². The summed E-state index contributed by atoms with van der Waals surface area (Å²) in [6, 6.07) is 11.8. The molecule has 1 saturated heterocycles. The Kier molecular flexibility index (Phi) is 5.19. The summed E-state index contributed by atoms with van der Waals surface area (Å²) in [6.45, 7) is 2.70. The largest absolute Gasteiger partial charge is 0.492 e. The molecular formula is C21H18F3N3O3. The molecule has 1 atom stereocenters. The fourth-order valence-electron chi connectivity index (χ4n) is 3.39. The van der Waals surface area contributed by atoms with Crippen molar-refractivity contribution in [1.82, 2.24) is 10.1 Å². The highest BCUT2D eigenvalue weighted by molar-refractivity contribution is 5.97. The highest BCUT2D eigenvalue weighted by Gasteiger charge is 2.36. The number of alkyl halides is 3. The van der Waals surface area contributed by atoms with Crippen LogP contribution in [0.5, 0.6) is 5.75 Å². The molecule has 1 aliphatic rings. The number of carbonyl (C=O) groups is 1. The molecule has 1 fully saturated rings. The molecule has 1 aromatic heterocycles. The first-order valence-corrected chi connectivity index (χ1v) is 9.40. The van der Waals surface area contributed by atoms with E-state index < -0.39 is 11.7 Å². The average molecular weight is 417 g/mol. The van der Waals surface area contributed by atoms with Crippen LogP contribution < -0.4 is 9.64 Å². The van der Waals surface area contributed by atoms with E-state index in [2.05, 4.69) is 10.1 Å². The summed E-state index contributed by atoms with van der Waals surface area (Å²) in [5.41, 5.74) is 0.305. The number of halogens is 3. The zero-order chi connectivity index (χ0) is 21.3. The van der Waals surface area contributed by atoms with Crippen LogP contribution in [0.2, 0.25) is 0 Å². The first kappa shape index (κ1) is 19.9. The van der Waals surface area contributed by atoms with Gasteiger partial charge in [-0.2, -0.15) is 18.2 Å². The standard InChI is InChI=1S/C21H18F3N3O3/c1-2-29-17-6-4-3-5-16(17)27-12-14(11-18(27)28)19-25-20(30-26-19)13-7-9-15(10-8-13)21(22,23)24/h3-10,14H,2,11-12H2,1H3. The lowest BCUT2D eigenvalue weighted by atomic mass is 10.1. The molecule has 9 heteroatoms. The highest BCUT2D eigenvalue weighted by atomic mass is 19.4. The minimum absolute atomic E-state index is 0.0898. The third kappa shape index (κ3) is 3.87. The van der Waals surface area contributed by atoms with Gasteiger partial charge >= 0.3 is 6.18 Å².